The Morgan fingerprint density at radius 1 is 1.16 bits per heavy atom. The number of aliphatic hydroxyl groups excluding tert-OH is 1. The molecule has 5 heteroatoms. The number of amides is 1. The highest BCUT2D eigenvalue weighted by atomic mass is 32.1. The van der Waals surface area contributed by atoms with Crippen molar-refractivity contribution in [2.24, 2.45) is 0 Å². The average Bonchev–Trinajstić information content (AvgIpc) is 2.65. The first-order chi connectivity index (χ1) is 9.20. The Balaban J connectivity index is 1.98. The topological polar surface area (TPSA) is 43.8 Å². The third-order valence-corrected chi connectivity index (χ3v) is 3.70. The minimum atomic E-state index is 0.0826. The molecular formula is C14H20N2O2S. The molecule has 1 aliphatic rings. The van der Waals surface area contributed by atoms with E-state index in [0.717, 1.165) is 37.5 Å². The lowest BCUT2D eigenvalue weighted by Gasteiger charge is -2.21. The average molecular weight is 280 g/mol. The minimum absolute atomic E-state index is 0.0826. The van der Waals surface area contributed by atoms with Crippen molar-refractivity contribution in [3.8, 4) is 0 Å². The number of aliphatic hydroxyl groups is 1. The van der Waals surface area contributed by atoms with Gasteiger partial charge < -0.3 is 10.0 Å². The molecule has 0 spiro atoms. The Labute approximate surface area is 119 Å². The van der Waals surface area contributed by atoms with Crippen LogP contribution in [0.25, 0.3) is 0 Å². The van der Waals surface area contributed by atoms with Crippen LogP contribution in [0.2, 0.25) is 0 Å². The van der Waals surface area contributed by atoms with Gasteiger partial charge in [0.25, 0.3) is 5.91 Å². The smallest absolute Gasteiger partial charge is 0.253 e. The summed E-state index contributed by atoms with van der Waals surface area (Å²) in [6.07, 6.45) is 0.955. The summed E-state index contributed by atoms with van der Waals surface area (Å²) in [4.78, 5) is 17.3. The number of thiol groups is 1. The largest absolute Gasteiger partial charge is 0.395 e. The van der Waals surface area contributed by atoms with Crippen LogP contribution < -0.4 is 0 Å². The Morgan fingerprint density at radius 2 is 1.89 bits per heavy atom. The number of rotatable bonds is 3. The lowest BCUT2D eigenvalue weighted by molar-refractivity contribution is 0.0760. The molecule has 1 N–H and O–H groups in total. The number of β-amino-alcohol motifs (C(OH)–C–C–N with tert-alkyl or cyclic N) is 1. The highest BCUT2D eigenvalue weighted by Crippen LogP contribution is 2.12. The van der Waals surface area contributed by atoms with E-state index in [4.69, 9.17) is 5.11 Å². The van der Waals surface area contributed by atoms with Crippen LogP contribution in [0.4, 0.5) is 0 Å². The molecule has 0 atom stereocenters. The van der Waals surface area contributed by atoms with Crippen molar-refractivity contribution in [1.82, 2.24) is 9.80 Å². The molecule has 19 heavy (non-hydrogen) atoms. The summed E-state index contributed by atoms with van der Waals surface area (Å²) in [5.41, 5.74) is 0.716. The number of benzene rings is 1. The maximum atomic E-state index is 12.4. The van der Waals surface area contributed by atoms with Gasteiger partial charge in [0.15, 0.2) is 0 Å². The van der Waals surface area contributed by atoms with Crippen LogP contribution in [0.5, 0.6) is 0 Å². The van der Waals surface area contributed by atoms with Gasteiger partial charge in [-0.05, 0) is 37.2 Å². The normalized spacial score (nSPS) is 17.3. The molecule has 0 saturated carbocycles. The first kappa shape index (κ1) is 14.4. The summed E-state index contributed by atoms with van der Waals surface area (Å²) < 4.78 is 0. The molecule has 0 unspecified atom stereocenters. The van der Waals surface area contributed by atoms with E-state index in [0.29, 0.717) is 12.1 Å². The van der Waals surface area contributed by atoms with E-state index in [-0.39, 0.29) is 12.5 Å². The van der Waals surface area contributed by atoms with E-state index in [1.165, 1.54) is 0 Å². The fourth-order valence-corrected chi connectivity index (χ4v) is 2.47. The second kappa shape index (κ2) is 6.93. The third kappa shape index (κ3) is 3.96. The number of hydrogen-bond acceptors (Lipinski definition) is 4. The van der Waals surface area contributed by atoms with Crippen molar-refractivity contribution >= 4 is 18.5 Å². The highest BCUT2D eigenvalue weighted by molar-refractivity contribution is 7.80. The molecule has 1 saturated heterocycles. The standard InChI is InChI=1S/C14H20N2O2S/c17-11-10-15-6-1-7-16(9-8-15)14(18)12-2-4-13(19)5-3-12/h2-5,17,19H,1,6-11H2. The van der Waals surface area contributed by atoms with Gasteiger partial charge in [-0.2, -0.15) is 0 Å². The van der Waals surface area contributed by atoms with Crippen LogP contribution in [0.3, 0.4) is 0 Å². The van der Waals surface area contributed by atoms with Gasteiger partial charge in [0.05, 0.1) is 6.61 Å². The van der Waals surface area contributed by atoms with Crippen molar-refractivity contribution in [2.75, 3.05) is 39.3 Å². The minimum Gasteiger partial charge on any atom is -0.395 e. The maximum Gasteiger partial charge on any atom is 0.253 e. The summed E-state index contributed by atoms with van der Waals surface area (Å²) >= 11 is 4.22. The molecule has 1 heterocycles. The fraction of sp³-hybridized carbons (Fsp3) is 0.500. The van der Waals surface area contributed by atoms with E-state index in [2.05, 4.69) is 17.5 Å². The van der Waals surface area contributed by atoms with Gasteiger partial charge in [-0.15, -0.1) is 12.6 Å². The molecule has 0 bridgehead atoms. The van der Waals surface area contributed by atoms with Crippen LogP contribution in [0.15, 0.2) is 29.2 Å². The second-order valence-electron chi connectivity index (χ2n) is 4.76. The Bertz CT molecular complexity index is 422. The molecular weight excluding hydrogens is 260 g/mol. The summed E-state index contributed by atoms with van der Waals surface area (Å²) in [7, 11) is 0. The van der Waals surface area contributed by atoms with Gasteiger partial charge >= 0.3 is 0 Å². The SMILES string of the molecule is O=C(c1ccc(S)cc1)N1CCCN(CCO)CC1. The summed E-state index contributed by atoms with van der Waals surface area (Å²) in [6, 6.07) is 7.32. The van der Waals surface area contributed by atoms with Crippen LogP contribution in [0.1, 0.15) is 16.8 Å². The van der Waals surface area contributed by atoms with Crippen molar-refractivity contribution in [3.05, 3.63) is 29.8 Å². The molecule has 1 aromatic rings. The summed E-state index contributed by atoms with van der Waals surface area (Å²) in [5, 5.41) is 8.96. The predicted octanol–water partition coefficient (Wildman–Crippen LogP) is 1.12. The third-order valence-electron chi connectivity index (χ3n) is 3.41. The second-order valence-corrected chi connectivity index (χ2v) is 5.27. The molecule has 4 nitrogen and oxygen atoms in total. The molecule has 1 amide bonds. The molecule has 2 rings (SSSR count). The van der Waals surface area contributed by atoms with Gasteiger partial charge in [-0.25, -0.2) is 0 Å². The van der Waals surface area contributed by atoms with Crippen LogP contribution >= 0.6 is 12.6 Å². The van der Waals surface area contributed by atoms with E-state index in [1.807, 2.05) is 29.2 Å². The van der Waals surface area contributed by atoms with E-state index in [9.17, 15) is 4.79 Å². The first-order valence-electron chi connectivity index (χ1n) is 6.62. The number of carbonyl (C=O) groups is 1. The molecule has 0 aromatic heterocycles. The lowest BCUT2D eigenvalue weighted by atomic mass is 10.2. The van der Waals surface area contributed by atoms with Gasteiger partial charge in [0.1, 0.15) is 0 Å². The quantitative estimate of drug-likeness (QED) is 0.815. The van der Waals surface area contributed by atoms with Gasteiger partial charge in [-0.1, -0.05) is 0 Å². The van der Waals surface area contributed by atoms with E-state index in [1.54, 1.807) is 0 Å². The highest BCUT2D eigenvalue weighted by Gasteiger charge is 2.19. The molecule has 104 valence electrons. The first-order valence-corrected chi connectivity index (χ1v) is 7.07. The number of nitrogens with zero attached hydrogens (tertiary/aromatic N) is 2. The van der Waals surface area contributed by atoms with Crippen LogP contribution in [-0.4, -0.2) is 60.1 Å². The van der Waals surface area contributed by atoms with Crippen molar-refractivity contribution < 1.29 is 9.90 Å². The van der Waals surface area contributed by atoms with Gasteiger partial charge in [-0.3, -0.25) is 9.69 Å². The zero-order valence-corrected chi connectivity index (χ0v) is 11.9. The maximum absolute atomic E-state index is 12.4. The molecule has 1 aromatic carbocycles. The van der Waals surface area contributed by atoms with Gasteiger partial charge in [0.2, 0.25) is 0 Å². The molecule has 1 fully saturated rings. The fourth-order valence-electron chi connectivity index (χ4n) is 2.33. The van der Waals surface area contributed by atoms with Crippen LogP contribution in [0, 0.1) is 0 Å². The van der Waals surface area contributed by atoms with Crippen molar-refractivity contribution in [3.63, 3.8) is 0 Å². The van der Waals surface area contributed by atoms with Crippen molar-refractivity contribution in [1.29, 1.82) is 0 Å². The van der Waals surface area contributed by atoms with Crippen molar-refractivity contribution in [2.45, 2.75) is 11.3 Å². The molecule has 0 aliphatic carbocycles. The Hall–Kier alpha value is -1.04. The predicted molar refractivity (Wildman–Crippen MR) is 77.7 cm³/mol. The van der Waals surface area contributed by atoms with Gasteiger partial charge in [0, 0.05) is 36.6 Å². The summed E-state index contributed by atoms with van der Waals surface area (Å²) in [5.74, 6) is 0.0826. The van der Waals surface area contributed by atoms with Crippen LogP contribution in [-0.2, 0) is 0 Å². The Kier molecular flexibility index (Phi) is 5.24. The molecule has 0 radical (unpaired) electrons. The summed E-state index contributed by atoms with van der Waals surface area (Å²) in [6.45, 7) is 4.15. The number of hydrogen-bond donors (Lipinski definition) is 2. The lowest BCUT2D eigenvalue weighted by Crippen LogP contribution is -2.35. The monoisotopic (exact) mass is 280 g/mol. The zero-order valence-electron chi connectivity index (χ0n) is 11.0. The number of carbonyl (C=O) groups excluding carboxylic acids is 1. The molecule has 1 aliphatic heterocycles. The van der Waals surface area contributed by atoms with E-state index >= 15 is 0 Å². The van der Waals surface area contributed by atoms with E-state index < -0.39 is 0 Å². The zero-order chi connectivity index (χ0) is 13.7. The Morgan fingerprint density at radius 3 is 2.58 bits per heavy atom.